The van der Waals surface area contributed by atoms with Crippen molar-refractivity contribution in [1.82, 2.24) is 14.8 Å². The van der Waals surface area contributed by atoms with Crippen molar-refractivity contribution in [3.8, 4) is 17.1 Å². The molecule has 0 atom stereocenters. The molecule has 2 aromatic rings. The van der Waals surface area contributed by atoms with E-state index >= 15 is 0 Å². The molecule has 6 nitrogen and oxygen atoms in total. The number of hydrogen-bond donors (Lipinski definition) is 0. The van der Waals surface area contributed by atoms with Crippen molar-refractivity contribution in [2.45, 2.75) is 31.7 Å². The predicted octanol–water partition coefficient (Wildman–Crippen LogP) is 3.63. The Kier molecular flexibility index (Phi) is 4.85. The molecule has 0 aliphatic carbocycles. The van der Waals surface area contributed by atoms with E-state index in [-0.39, 0.29) is 0 Å². The lowest BCUT2D eigenvalue weighted by atomic mass is 10.2. The fourth-order valence-electron chi connectivity index (χ4n) is 1.78. The number of alkyl halides is 1. The van der Waals surface area contributed by atoms with Gasteiger partial charge in [0, 0.05) is 17.6 Å². The molecule has 2 aromatic heterocycles. The largest absolute Gasteiger partial charge is 0.497 e. The first-order valence-electron chi connectivity index (χ1n) is 6.72. The van der Waals surface area contributed by atoms with Crippen LogP contribution in [0.5, 0.6) is 5.75 Å². The van der Waals surface area contributed by atoms with E-state index in [0.29, 0.717) is 28.2 Å². The second-order valence-electron chi connectivity index (χ2n) is 5.63. The van der Waals surface area contributed by atoms with E-state index < -0.39 is 11.7 Å². The minimum atomic E-state index is -0.582. The molecule has 22 heavy (non-hydrogen) atoms. The van der Waals surface area contributed by atoms with E-state index in [1.165, 1.54) is 4.68 Å². The van der Waals surface area contributed by atoms with Crippen molar-refractivity contribution >= 4 is 22.0 Å². The summed E-state index contributed by atoms with van der Waals surface area (Å²) in [6, 6.07) is 5.31. The van der Waals surface area contributed by atoms with Crippen LogP contribution in [-0.2, 0) is 10.1 Å². The van der Waals surface area contributed by atoms with Crippen LogP contribution in [0.25, 0.3) is 11.4 Å². The summed E-state index contributed by atoms with van der Waals surface area (Å²) in [6.07, 6.45) is 1.12. The number of aromatic nitrogens is 3. The number of carbonyl (C=O) groups is 1. The summed E-state index contributed by atoms with van der Waals surface area (Å²) in [6.45, 7) is 5.44. The van der Waals surface area contributed by atoms with Crippen LogP contribution in [0, 0.1) is 0 Å². The molecular weight excluding hydrogens is 350 g/mol. The van der Waals surface area contributed by atoms with Gasteiger partial charge in [-0.2, -0.15) is 9.78 Å². The average Bonchev–Trinajstić information content (AvgIpc) is 2.90. The topological polar surface area (TPSA) is 66.2 Å². The molecule has 0 spiro atoms. The summed E-state index contributed by atoms with van der Waals surface area (Å²) < 4.78 is 11.8. The number of ether oxygens (including phenoxy) is 2. The van der Waals surface area contributed by atoms with Crippen molar-refractivity contribution in [2.75, 3.05) is 7.11 Å². The minimum absolute atomic E-state index is 0.475. The second kappa shape index (κ2) is 6.48. The summed E-state index contributed by atoms with van der Waals surface area (Å²) >= 11 is 3.36. The number of halogens is 1. The molecule has 2 rings (SSSR count). The third kappa shape index (κ3) is 3.85. The van der Waals surface area contributed by atoms with Crippen LogP contribution in [0.4, 0.5) is 4.79 Å². The van der Waals surface area contributed by atoms with E-state index in [2.05, 4.69) is 26.0 Å². The first-order chi connectivity index (χ1) is 10.3. The van der Waals surface area contributed by atoms with Crippen LogP contribution < -0.4 is 4.74 Å². The van der Waals surface area contributed by atoms with Crippen LogP contribution in [0.1, 0.15) is 26.5 Å². The van der Waals surface area contributed by atoms with Gasteiger partial charge in [0.1, 0.15) is 17.0 Å². The SMILES string of the molecule is COc1ccnc(-c2cc(CBr)n(C(=O)OC(C)(C)C)n2)c1. The Morgan fingerprint density at radius 3 is 2.64 bits per heavy atom. The summed E-state index contributed by atoms with van der Waals surface area (Å²) in [4.78, 5) is 16.5. The maximum absolute atomic E-state index is 12.2. The second-order valence-corrected chi connectivity index (χ2v) is 6.19. The van der Waals surface area contributed by atoms with Gasteiger partial charge in [0.15, 0.2) is 0 Å². The Morgan fingerprint density at radius 2 is 2.05 bits per heavy atom. The highest BCUT2D eigenvalue weighted by Crippen LogP contribution is 2.23. The highest BCUT2D eigenvalue weighted by atomic mass is 79.9. The summed E-state index contributed by atoms with van der Waals surface area (Å²) in [5.74, 6) is 0.678. The van der Waals surface area contributed by atoms with E-state index in [1.54, 1.807) is 31.5 Å². The number of rotatable bonds is 3. The molecule has 118 valence electrons. The van der Waals surface area contributed by atoms with Crippen LogP contribution in [0.2, 0.25) is 0 Å². The zero-order chi connectivity index (χ0) is 16.3. The van der Waals surface area contributed by atoms with Gasteiger partial charge in [-0.1, -0.05) is 15.9 Å². The molecule has 0 amide bonds. The molecule has 0 saturated carbocycles. The van der Waals surface area contributed by atoms with E-state index in [4.69, 9.17) is 9.47 Å². The first kappa shape index (κ1) is 16.5. The highest BCUT2D eigenvalue weighted by molar-refractivity contribution is 9.08. The normalized spacial score (nSPS) is 11.3. The molecule has 0 radical (unpaired) electrons. The minimum Gasteiger partial charge on any atom is -0.497 e. The van der Waals surface area contributed by atoms with Crippen LogP contribution >= 0.6 is 15.9 Å². The fourth-order valence-corrected chi connectivity index (χ4v) is 2.18. The van der Waals surface area contributed by atoms with Gasteiger partial charge in [0.05, 0.1) is 18.5 Å². The zero-order valence-electron chi connectivity index (χ0n) is 13.0. The molecule has 0 fully saturated rings. The van der Waals surface area contributed by atoms with Crippen LogP contribution in [0.15, 0.2) is 24.4 Å². The number of pyridine rings is 1. The van der Waals surface area contributed by atoms with Crippen molar-refractivity contribution in [3.05, 3.63) is 30.1 Å². The maximum Gasteiger partial charge on any atom is 0.435 e. The lowest BCUT2D eigenvalue weighted by Crippen LogP contribution is -2.28. The average molecular weight is 368 g/mol. The number of nitrogens with zero attached hydrogens (tertiary/aromatic N) is 3. The Bertz CT molecular complexity index is 677. The molecule has 0 aliphatic rings. The van der Waals surface area contributed by atoms with Gasteiger partial charge in [0.2, 0.25) is 0 Å². The van der Waals surface area contributed by atoms with E-state index in [1.807, 2.05) is 20.8 Å². The molecule has 0 aliphatic heterocycles. The molecule has 7 heteroatoms. The summed E-state index contributed by atoms with van der Waals surface area (Å²) in [7, 11) is 1.59. The van der Waals surface area contributed by atoms with Crippen molar-refractivity contribution in [1.29, 1.82) is 0 Å². The van der Waals surface area contributed by atoms with Gasteiger partial charge in [-0.3, -0.25) is 4.98 Å². The van der Waals surface area contributed by atoms with Gasteiger partial charge < -0.3 is 9.47 Å². The molecule has 0 bridgehead atoms. The molecule has 0 unspecified atom stereocenters. The van der Waals surface area contributed by atoms with Gasteiger partial charge in [-0.05, 0) is 32.9 Å². The standard InChI is InChI=1S/C15H18BrN3O3/c1-15(2,3)22-14(20)19-10(9-16)7-13(18-19)12-8-11(21-4)5-6-17-12/h5-8H,9H2,1-4H3. The number of hydrogen-bond acceptors (Lipinski definition) is 5. The lowest BCUT2D eigenvalue weighted by Gasteiger charge is -2.19. The smallest absolute Gasteiger partial charge is 0.435 e. The van der Waals surface area contributed by atoms with Gasteiger partial charge in [-0.25, -0.2) is 4.79 Å². The van der Waals surface area contributed by atoms with Gasteiger partial charge in [0.25, 0.3) is 0 Å². The number of methoxy groups -OCH3 is 1. The highest BCUT2D eigenvalue weighted by Gasteiger charge is 2.22. The Labute approximate surface area is 137 Å². The third-order valence-electron chi connectivity index (χ3n) is 2.72. The third-order valence-corrected chi connectivity index (χ3v) is 3.29. The monoisotopic (exact) mass is 367 g/mol. The molecule has 0 saturated heterocycles. The zero-order valence-corrected chi connectivity index (χ0v) is 14.5. The van der Waals surface area contributed by atoms with Gasteiger partial charge >= 0.3 is 6.09 Å². The summed E-state index contributed by atoms with van der Waals surface area (Å²) in [5.41, 5.74) is 1.32. The molecule has 2 heterocycles. The van der Waals surface area contributed by atoms with Crippen molar-refractivity contribution in [3.63, 3.8) is 0 Å². The maximum atomic E-state index is 12.2. The molecule has 0 aromatic carbocycles. The number of carbonyl (C=O) groups excluding carboxylic acids is 1. The van der Waals surface area contributed by atoms with Gasteiger partial charge in [-0.15, -0.1) is 0 Å². The Morgan fingerprint density at radius 1 is 1.32 bits per heavy atom. The summed E-state index contributed by atoms with van der Waals surface area (Å²) in [5, 5.41) is 4.78. The lowest BCUT2D eigenvalue weighted by molar-refractivity contribution is 0.0511. The molecular formula is C15H18BrN3O3. The Balaban J connectivity index is 2.38. The van der Waals surface area contributed by atoms with Crippen LogP contribution in [0.3, 0.4) is 0 Å². The molecule has 0 N–H and O–H groups in total. The van der Waals surface area contributed by atoms with E-state index in [0.717, 1.165) is 0 Å². The quantitative estimate of drug-likeness (QED) is 0.774. The predicted molar refractivity (Wildman–Crippen MR) is 86.3 cm³/mol. The fraction of sp³-hybridized carbons (Fsp3) is 0.400. The van der Waals surface area contributed by atoms with E-state index in [9.17, 15) is 4.79 Å². The van der Waals surface area contributed by atoms with Crippen LogP contribution in [-0.4, -0.2) is 33.6 Å². The Hall–Kier alpha value is -1.89. The van der Waals surface area contributed by atoms with Crippen molar-refractivity contribution < 1.29 is 14.3 Å². The first-order valence-corrected chi connectivity index (χ1v) is 7.85. The van der Waals surface area contributed by atoms with Crippen molar-refractivity contribution in [2.24, 2.45) is 0 Å².